The topological polar surface area (TPSA) is 40.5 Å². The summed E-state index contributed by atoms with van der Waals surface area (Å²) in [6.45, 7) is 2.99. The molecule has 1 fully saturated rings. The maximum absolute atomic E-state index is 12.1. The van der Waals surface area contributed by atoms with E-state index in [9.17, 15) is 9.90 Å². The van der Waals surface area contributed by atoms with Gasteiger partial charge in [0, 0.05) is 19.5 Å². The highest BCUT2D eigenvalue weighted by atomic mass is 16.3. The molecule has 1 aromatic carbocycles. The van der Waals surface area contributed by atoms with E-state index >= 15 is 0 Å². The molecule has 2 rings (SSSR count). The van der Waals surface area contributed by atoms with Crippen molar-refractivity contribution in [2.24, 2.45) is 5.92 Å². The molecule has 3 nitrogen and oxygen atoms in total. The van der Waals surface area contributed by atoms with Crippen LogP contribution in [0.4, 0.5) is 0 Å². The Kier molecular flexibility index (Phi) is 3.90. The third kappa shape index (κ3) is 2.84. The summed E-state index contributed by atoms with van der Waals surface area (Å²) in [6.07, 6.45) is 3.13. The van der Waals surface area contributed by atoms with Crippen LogP contribution in [0.2, 0.25) is 0 Å². The van der Waals surface area contributed by atoms with Crippen LogP contribution >= 0.6 is 0 Å². The first-order chi connectivity index (χ1) is 8.63. The number of hydrogen-bond donors (Lipinski definition) is 1. The van der Waals surface area contributed by atoms with E-state index < -0.39 is 0 Å². The summed E-state index contributed by atoms with van der Waals surface area (Å²) in [4.78, 5) is 14.0. The van der Waals surface area contributed by atoms with E-state index in [2.05, 4.69) is 6.92 Å². The van der Waals surface area contributed by atoms with Crippen LogP contribution in [0.15, 0.2) is 24.3 Å². The fourth-order valence-electron chi connectivity index (χ4n) is 2.35. The smallest absolute Gasteiger partial charge is 0.226 e. The van der Waals surface area contributed by atoms with E-state index in [1.807, 2.05) is 24.1 Å². The minimum Gasteiger partial charge on any atom is -0.508 e. The van der Waals surface area contributed by atoms with Crippen molar-refractivity contribution < 1.29 is 9.90 Å². The monoisotopic (exact) mass is 247 g/mol. The van der Waals surface area contributed by atoms with Crippen LogP contribution in [0.3, 0.4) is 0 Å². The summed E-state index contributed by atoms with van der Waals surface area (Å²) in [7, 11) is 1.89. The molecule has 1 saturated carbocycles. The van der Waals surface area contributed by atoms with Gasteiger partial charge in [-0.05, 0) is 36.5 Å². The van der Waals surface area contributed by atoms with E-state index in [0.29, 0.717) is 5.92 Å². The molecule has 0 bridgehead atoms. The molecule has 0 aliphatic heterocycles. The summed E-state index contributed by atoms with van der Waals surface area (Å²) in [6, 6.07) is 7.21. The minimum absolute atomic E-state index is 0.149. The normalized spacial score (nSPS) is 21.7. The molecule has 0 saturated heterocycles. The minimum atomic E-state index is 0.149. The Morgan fingerprint density at radius 3 is 2.67 bits per heavy atom. The van der Waals surface area contributed by atoms with Crippen molar-refractivity contribution in [3.05, 3.63) is 29.8 Å². The zero-order valence-corrected chi connectivity index (χ0v) is 11.1. The molecule has 1 aliphatic rings. The molecule has 0 spiro atoms. The number of carbonyl (C=O) groups excluding carboxylic acids is 1. The van der Waals surface area contributed by atoms with Gasteiger partial charge in [0.05, 0.1) is 0 Å². The second kappa shape index (κ2) is 5.42. The molecule has 1 aliphatic carbocycles. The lowest BCUT2D eigenvalue weighted by atomic mass is 10.1. The van der Waals surface area contributed by atoms with Crippen molar-refractivity contribution >= 4 is 5.91 Å². The molecule has 1 N–H and O–H groups in total. The predicted molar refractivity (Wildman–Crippen MR) is 71.5 cm³/mol. The van der Waals surface area contributed by atoms with E-state index in [1.54, 1.807) is 12.1 Å². The molecule has 2 unspecified atom stereocenters. The van der Waals surface area contributed by atoms with Crippen LogP contribution < -0.4 is 0 Å². The maximum atomic E-state index is 12.1. The number of carbonyl (C=O) groups is 1. The molecular weight excluding hydrogens is 226 g/mol. The van der Waals surface area contributed by atoms with Gasteiger partial charge in [-0.2, -0.15) is 0 Å². The van der Waals surface area contributed by atoms with E-state index in [0.717, 1.165) is 31.4 Å². The Morgan fingerprint density at radius 2 is 2.06 bits per heavy atom. The summed E-state index contributed by atoms with van der Waals surface area (Å²) >= 11 is 0. The first-order valence-electron chi connectivity index (χ1n) is 6.67. The van der Waals surface area contributed by atoms with Gasteiger partial charge in [0.1, 0.15) is 5.75 Å². The largest absolute Gasteiger partial charge is 0.508 e. The first-order valence-corrected chi connectivity index (χ1v) is 6.67. The molecule has 1 aromatic rings. The highest BCUT2D eigenvalue weighted by molar-refractivity contribution is 5.82. The third-order valence-corrected chi connectivity index (χ3v) is 3.65. The Labute approximate surface area is 108 Å². The summed E-state index contributed by atoms with van der Waals surface area (Å²) < 4.78 is 0. The van der Waals surface area contributed by atoms with Crippen LogP contribution in [-0.4, -0.2) is 29.5 Å². The average molecular weight is 247 g/mol. The molecule has 3 heteroatoms. The molecule has 0 aromatic heterocycles. The number of phenols is 1. The number of nitrogens with zero attached hydrogens (tertiary/aromatic N) is 1. The van der Waals surface area contributed by atoms with Crippen molar-refractivity contribution in [2.45, 2.75) is 32.1 Å². The second-order valence-corrected chi connectivity index (χ2v) is 5.15. The molecule has 0 radical (unpaired) electrons. The van der Waals surface area contributed by atoms with E-state index in [4.69, 9.17) is 0 Å². The Bertz CT molecular complexity index is 413. The quantitative estimate of drug-likeness (QED) is 0.869. The van der Waals surface area contributed by atoms with Crippen LogP contribution in [0.5, 0.6) is 5.75 Å². The Balaban J connectivity index is 1.90. The number of rotatable bonds is 5. The van der Waals surface area contributed by atoms with Crippen LogP contribution in [0.1, 0.15) is 37.7 Å². The average Bonchev–Trinajstić information content (AvgIpc) is 3.16. The molecular formula is C15H21NO2. The van der Waals surface area contributed by atoms with E-state index in [1.165, 1.54) is 0 Å². The SMILES string of the molecule is CCCCN(C)C(=O)C1CC1c1ccc(O)cc1. The van der Waals surface area contributed by atoms with Gasteiger partial charge in [-0.25, -0.2) is 0 Å². The van der Waals surface area contributed by atoms with Crippen molar-refractivity contribution in [1.82, 2.24) is 4.90 Å². The molecule has 98 valence electrons. The molecule has 1 amide bonds. The van der Waals surface area contributed by atoms with Gasteiger partial charge in [-0.1, -0.05) is 25.5 Å². The van der Waals surface area contributed by atoms with Gasteiger partial charge in [0.15, 0.2) is 0 Å². The molecule has 2 atom stereocenters. The predicted octanol–water partition coefficient (Wildman–Crippen LogP) is 2.75. The molecule has 0 heterocycles. The lowest BCUT2D eigenvalue weighted by Gasteiger charge is -2.16. The highest BCUT2D eigenvalue weighted by Gasteiger charge is 2.44. The summed E-state index contributed by atoms with van der Waals surface area (Å²) in [5.74, 6) is 1.04. The fourth-order valence-corrected chi connectivity index (χ4v) is 2.35. The van der Waals surface area contributed by atoms with Crippen molar-refractivity contribution in [3.63, 3.8) is 0 Å². The van der Waals surface area contributed by atoms with Crippen LogP contribution in [-0.2, 0) is 4.79 Å². The van der Waals surface area contributed by atoms with Crippen molar-refractivity contribution in [1.29, 1.82) is 0 Å². The fraction of sp³-hybridized carbons (Fsp3) is 0.533. The second-order valence-electron chi connectivity index (χ2n) is 5.15. The first kappa shape index (κ1) is 12.9. The van der Waals surface area contributed by atoms with E-state index in [-0.39, 0.29) is 17.6 Å². The third-order valence-electron chi connectivity index (χ3n) is 3.65. The maximum Gasteiger partial charge on any atom is 0.226 e. The van der Waals surface area contributed by atoms with Crippen molar-refractivity contribution in [3.8, 4) is 5.75 Å². The zero-order valence-electron chi connectivity index (χ0n) is 11.1. The number of amides is 1. The number of hydrogen-bond acceptors (Lipinski definition) is 2. The Morgan fingerprint density at radius 1 is 1.39 bits per heavy atom. The number of benzene rings is 1. The summed E-state index contributed by atoms with van der Waals surface area (Å²) in [5.41, 5.74) is 1.16. The van der Waals surface area contributed by atoms with Gasteiger partial charge < -0.3 is 10.0 Å². The van der Waals surface area contributed by atoms with Crippen molar-refractivity contribution in [2.75, 3.05) is 13.6 Å². The van der Waals surface area contributed by atoms with Gasteiger partial charge in [-0.15, -0.1) is 0 Å². The number of aromatic hydroxyl groups is 1. The highest BCUT2D eigenvalue weighted by Crippen LogP contribution is 2.48. The number of unbranched alkanes of at least 4 members (excludes halogenated alkanes) is 1. The van der Waals surface area contributed by atoms with Gasteiger partial charge >= 0.3 is 0 Å². The van der Waals surface area contributed by atoms with Gasteiger partial charge in [0.25, 0.3) is 0 Å². The summed E-state index contributed by atoms with van der Waals surface area (Å²) in [5, 5.41) is 9.24. The van der Waals surface area contributed by atoms with Gasteiger partial charge in [0.2, 0.25) is 5.91 Å². The zero-order chi connectivity index (χ0) is 13.1. The van der Waals surface area contributed by atoms with Gasteiger partial charge in [-0.3, -0.25) is 4.79 Å². The molecule has 18 heavy (non-hydrogen) atoms. The van der Waals surface area contributed by atoms with Crippen LogP contribution in [0.25, 0.3) is 0 Å². The standard InChI is InChI=1S/C15H21NO2/c1-3-4-9-16(2)15(18)14-10-13(14)11-5-7-12(17)8-6-11/h5-8,13-14,17H,3-4,9-10H2,1-2H3. The number of phenolic OH excluding ortho intramolecular Hbond substituents is 1. The lowest BCUT2D eigenvalue weighted by molar-refractivity contribution is -0.131. The Hall–Kier alpha value is -1.51. The van der Waals surface area contributed by atoms with Crippen LogP contribution in [0, 0.1) is 5.92 Å². The lowest BCUT2D eigenvalue weighted by Crippen LogP contribution is -2.29.